The summed E-state index contributed by atoms with van der Waals surface area (Å²) in [6.07, 6.45) is 3.00. The van der Waals surface area contributed by atoms with E-state index in [4.69, 9.17) is 4.74 Å². The molecule has 2 heteroatoms. The summed E-state index contributed by atoms with van der Waals surface area (Å²) in [6.45, 7) is 2.84. The van der Waals surface area contributed by atoms with Crippen molar-refractivity contribution in [1.82, 2.24) is 0 Å². The van der Waals surface area contributed by atoms with E-state index in [0.29, 0.717) is 0 Å². The van der Waals surface area contributed by atoms with Crippen molar-refractivity contribution in [3.05, 3.63) is 0 Å². The molecule has 2 aliphatic rings. The first kappa shape index (κ1) is 5.69. The first-order chi connectivity index (χ1) is 4.16. The van der Waals surface area contributed by atoms with Gasteiger partial charge in [0.1, 0.15) is 0 Å². The van der Waals surface area contributed by atoms with E-state index >= 15 is 0 Å². The number of ether oxygens (including phenoxy) is 1. The first-order valence-corrected chi connectivity index (χ1v) is 3.53. The van der Waals surface area contributed by atoms with Gasteiger partial charge in [-0.1, -0.05) is 6.92 Å². The summed E-state index contributed by atoms with van der Waals surface area (Å²) >= 11 is 0. The zero-order valence-electron chi connectivity index (χ0n) is 5.68. The van der Waals surface area contributed by atoms with Crippen LogP contribution in [0.1, 0.15) is 26.2 Å². The van der Waals surface area contributed by atoms with Gasteiger partial charge < -0.3 is 9.84 Å². The number of fused-ring (bicyclic) bond motifs is 1. The van der Waals surface area contributed by atoms with Crippen LogP contribution >= 0.6 is 0 Å². The first-order valence-electron chi connectivity index (χ1n) is 3.53. The van der Waals surface area contributed by atoms with Gasteiger partial charge in [0.25, 0.3) is 0 Å². The smallest absolute Gasteiger partial charge is 0.170 e. The Morgan fingerprint density at radius 2 is 2.11 bits per heavy atom. The van der Waals surface area contributed by atoms with E-state index in [2.05, 4.69) is 6.92 Å². The number of hydrogen-bond acceptors (Lipinski definition) is 2. The highest BCUT2D eigenvalue weighted by Gasteiger charge is 2.59. The lowest BCUT2D eigenvalue weighted by atomic mass is 9.64. The fourth-order valence-corrected chi connectivity index (χ4v) is 1.78. The van der Waals surface area contributed by atoms with E-state index in [-0.39, 0.29) is 5.41 Å². The van der Waals surface area contributed by atoms with E-state index in [1.54, 1.807) is 0 Å². The molecule has 1 aliphatic heterocycles. The Bertz CT molecular complexity index is 130. The lowest BCUT2D eigenvalue weighted by Crippen LogP contribution is -2.52. The SMILES string of the molecule is C[C@@]12CCO[C@]1(O)CC2. The Hall–Kier alpha value is -0.0800. The largest absolute Gasteiger partial charge is 0.365 e. The van der Waals surface area contributed by atoms with Crippen LogP contribution in [0, 0.1) is 5.41 Å². The van der Waals surface area contributed by atoms with Gasteiger partial charge in [0.2, 0.25) is 0 Å². The molecule has 0 aromatic carbocycles. The van der Waals surface area contributed by atoms with Crippen molar-refractivity contribution in [2.75, 3.05) is 6.61 Å². The normalized spacial score (nSPS) is 56.7. The molecule has 2 fully saturated rings. The molecule has 52 valence electrons. The van der Waals surface area contributed by atoms with Gasteiger partial charge >= 0.3 is 0 Å². The Morgan fingerprint density at radius 3 is 2.33 bits per heavy atom. The van der Waals surface area contributed by atoms with Crippen LogP contribution in [0.5, 0.6) is 0 Å². The van der Waals surface area contributed by atoms with Gasteiger partial charge in [-0.05, 0) is 12.8 Å². The standard InChI is InChI=1S/C7H12O2/c1-6-2-3-7(6,8)9-5-4-6/h8H,2-5H2,1H3/t6-,7-/m1/s1. The summed E-state index contributed by atoms with van der Waals surface area (Å²) in [4.78, 5) is 0. The van der Waals surface area contributed by atoms with E-state index < -0.39 is 5.79 Å². The van der Waals surface area contributed by atoms with Crippen LogP contribution in [0.4, 0.5) is 0 Å². The predicted molar refractivity (Wildman–Crippen MR) is 32.9 cm³/mol. The second-order valence-electron chi connectivity index (χ2n) is 3.44. The third-order valence-corrected chi connectivity index (χ3v) is 2.95. The molecule has 1 heterocycles. The van der Waals surface area contributed by atoms with E-state index in [1.165, 1.54) is 0 Å². The maximum Gasteiger partial charge on any atom is 0.170 e. The molecule has 0 amide bonds. The summed E-state index contributed by atoms with van der Waals surface area (Å²) < 4.78 is 5.20. The van der Waals surface area contributed by atoms with Crippen LogP contribution in [0.25, 0.3) is 0 Å². The average molecular weight is 128 g/mol. The Balaban J connectivity index is 2.26. The summed E-state index contributed by atoms with van der Waals surface area (Å²) in [5.74, 6) is -0.729. The minimum Gasteiger partial charge on any atom is -0.365 e. The molecule has 1 aliphatic carbocycles. The third-order valence-electron chi connectivity index (χ3n) is 2.95. The van der Waals surface area contributed by atoms with Crippen molar-refractivity contribution in [3.63, 3.8) is 0 Å². The molecule has 1 saturated carbocycles. The number of hydrogen-bond donors (Lipinski definition) is 1. The predicted octanol–water partition coefficient (Wildman–Crippen LogP) is 0.895. The minimum atomic E-state index is -0.729. The van der Waals surface area contributed by atoms with Crippen LogP contribution in [-0.4, -0.2) is 17.5 Å². The van der Waals surface area contributed by atoms with Gasteiger partial charge in [-0.2, -0.15) is 0 Å². The van der Waals surface area contributed by atoms with Crippen molar-refractivity contribution in [1.29, 1.82) is 0 Å². The average Bonchev–Trinajstić information content (AvgIpc) is 1.98. The summed E-state index contributed by atoms with van der Waals surface area (Å²) in [5.41, 5.74) is 0.104. The zero-order chi connectivity index (χ0) is 6.54. The molecule has 0 spiro atoms. The molecule has 1 N–H and O–H groups in total. The summed E-state index contributed by atoms with van der Waals surface area (Å²) in [6, 6.07) is 0. The molecule has 0 unspecified atom stereocenters. The van der Waals surface area contributed by atoms with Gasteiger partial charge in [-0.25, -0.2) is 0 Å². The molecule has 1 saturated heterocycles. The Morgan fingerprint density at radius 1 is 1.33 bits per heavy atom. The highest BCUT2D eigenvalue weighted by atomic mass is 16.6. The summed E-state index contributed by atoms with van der Waals surface area (Å²) in [7, 11) is 0. The lowest BCUT2D eigenvalue weighted by molar-refractivity contribution is -0.277. The van der Waals surface area contributed by atoms with E-state index in [9.17, 15) is 5.11 Å². The van der Waals surface area contributed by atoms with Crippen molar-refractivity contribution < 1.29 is 9.84 Å². The van der Waals surface area contributed by atoms with Gasteiger partial charge in [0, 0.05) is 11.8 Å². The Kier molecular flexibility index (Phi) is 0.837. The molecular weight excluding hydrogens is 116 g/mol. The van der Waals surface area contributed by atoms with Crippen LogP contribution in [-0.2, 0) is 4.74 Å². The zero-order valence-corrected chi connectivity index (χ0v) is 5.68. The van der Waals surface area contributed by atoms with Gasteiger partial charge in [-0.15, -0.1) is 0 Å². The molecule has 2 nitrogen and oxygen atoms in total. The van der Waals surface area contributed by atoms with Crippen LogP contribution in [0.15, 0.2) is 0 Å². The summed E-state index contributed by atoms with van der Waals surface area (Å²) in [5, 5.41) is 9.59. The van der Waals surface area contributed by atoms with Gasteiger partial charge in [0.15, 0.2) is 5.79 Å². The molecule has 0 bridgehead atoms. The van der Waals surface area contributed by atoms with Crippen LogP contribution in [0.2, 0.25) is 0 Å². The molecule has 2 rings (SSSR count). The van der Waals surface area contributed by atoms with Crippen LogP contribution in [0.3, 0.4) is 0 Å². The molecular formula is C7H12O2. The van der Waals surface area contributed by atoms with E-state index in [1.807, 2.05) is 0 Å². The molecule has 0 aromatic rings. The molecule has 0 radical (unpaired) electrons. The number of rotatable bonds is 0. The maximum absolute atomic E-state index is 9.59. The Labute approximate surface area is 54.8 Å². The molecule has 2 atom stereocenters. The fraction of sp³-hybridized carbons (Fsp3) is 1.00. The second-order valence-corrected chi connectivity index (χ2v) is 3.44. The highest BCUT2D eigenvalue weighted by molar-refractivity contribution is 5.02. The monoisotopic (exact) mass is 128 g/mol. The highest BCUT2D eigenvalue weighted by Crippen LogP contribution is 2.56. The van der Waals surface area contributed by atoms with Crippen molar-refractivity contribution in [2.45, 2.75) is 32.0 Å². The van der Waals surface area contributed by atoms with Crippen molar-refractivity contribution in [3.8, 4) is 0 Å². The molecule has 0 aromatic heterocycles. The van der Waals surface area contributed by atoms with Gasteiger partial charge in [-0.3, -0.25) is 0 Å². The van der Waals surface area contributed by atoms with E-state index in [0.717, 1.165) is 25.9 Å². The van der Waals surface area contributed by atoms with Crippen LogP contribution < -0.4 is 0 Å². The maximum atomic E-state index is 9.59. The lowest BCUT2D eigenvalue weighted by Gasteiger charge is -2.47. The number of aliphatic hydroxyl groups is 1. The quantitative estimate of drug-likeness (QED) is 0.525. The third kappa shape index (κ3) is 0.485. The van der Waals surface area contributed by atoms with Crippen molar-refractivity contribution >= 4 is 0 Å². The fourth-order valence-electron chi connectivity index (χ4n) is 1.78. The second kappa shape index (κ2) is 1.32. The molecule has 9 heavy (non-hydrogen) atoms. The minimum absolute atomic E-state index is 0.104. The van der Waals surface area contributed by atoms with Crippen molar-refractivity contribution in [2.24, 2.45) is 5.41 Å². The van der Waals surface area contributed by atoms with Gasteiger partial charge in [0.05, 0.1) is 6.61 Å². The topological polar surface area (TPSA) is 29.5 Å².